The van der Waals surface area contributed by atoms with Gasteiger partial charge in [0.2, 0.25) is 5.76 Å². The van der Waals surface area contributed by atoms with E-state index in [9.17, 15) is 4.79 Å². The number of nitrogens with two attached hydrogens (primary N) is 1. The summed E-state index contributed by atoms with van der Waals surface area (Å²) >= 11 is 0. The van der Waals surface area contributed by atoms with E-state index >= 15 is 0 Å². The maximum atomic E-state index is 10.8. The molecule has 2 aromatic rings. The van der Waals surface area contributed by atoms with E-state index in [-0.39, 0.29) is 23.2 Å². The number of hydrogen-bond donors (Lipinski definition) is 3. The van der Waals surface area contributed by atoms with Crippen molar-refractivity contribution in [2.45, 2.75) is 0 Å². The lowest BCUT2D eigenvalue weighted by molar-refractivity contribution is 0.0665. The number of rotatable bonds is 2. The number of phenolic OH excluding ortho intramolecular Hbond substituents is 1. The summed E-state index contributed by atoms with van der Waals surface area (Å²) in [7, 11) is 0. The van der Waals surface area contributed by atoms with Crippen LogP contribution in [0.2, 0.25) is 0 Å². The van der Waals surface area contributed by atoms with E-state index in [1.54, 1.807) is 0 Å². The van der Waals surface area contributed by atoms with E-state index in [4.69, 9.17) is 20.4 Å². The lowest BCUT2D eigenvalue weighted by atomic mass is 10.1. The number of carboxylic acids is 1. The van der Waals surface area contributed by atoms with Crippen molar-refractivity contribution in [2.24, 2.45) is 0 Å². The maximum absolute atomic E-state index is 10.8. The van der Waals surface area contributed by atoms with Crippen molar-refractivity contribution in [2.75, 3.05) is 5.73 Å². The number of benzene rings is 1. The predicted octanol–water partition coefficient (Wildman–Crippen LogP) is 1.33. The minimum absolute atomic E-state index is 0.0806. The molecule has 6 nitrogen and oxygen atoms in total. The van der Waals surface area contributed by atoms with Gasteiger partial charge in [-0.05, 0) is 24.3 Å². The molecule has 0 unspecified atom stereocenters. The largest absolute Gasteiger partial charge is 0.508 e. The Balaban J connectivity index is 2.55. The number of hydrogen-bond acceptors (Lipinski definition) is 5. The summed E-state index contributed by atoms with van der Waals surface area (Å²) < 4.78 is 4.77. The molecular weight excluding hydrogens is 212 g/mol. The van der Waals surface area contributed by atoms with Crippen LogP contribution in [-0.4, -0.2) is 21.2 Å². The third-order valence-electron chi connectivity index (χ3n) is 1.98. The summed E-state index contributed by atoms with van der Waals surface area (Å²) in [6.45, 7) is 0. The normalized spacial score (nSPS) is 10.2. The van der Waals surface area contributed by atoms with Gasteiger partial charge in [0.1, 0.15) is 11.4 Å². The van der Waals surface area contributed by atoms with Crippen LogP contribution in [0.15, 0.2) is 28.7 Å². The molecular formula is C10H8N2O4. The molecule has 0 saturated carbocycles. The molecule has 0 radical (unpaired) electrons. The van der Waals surface area contributed by atoms with Crippen molar-refractivity contribution in [1.29, 1.82) is 0 Å². The Kier molecular flexibility index (Phi) is 2.24. The zero-order chi connectivity index (χ0) is 11.7. The minimum Gasteiger partial charge on any atom is -0.508 e. The van der Waals surface area contributed by atoms with Crippen LogP contribution in [0, 0.1) is 0 Å². The molecule has 0 bridgehead atoms. The average Bonchev–Trinajstić information content (AvgIpc) is 2.61. The molecule has 1 aromatic carbocycles. The monoisotopic (exact) mass is 220 g/mol. The average molecular weight is 220 g/mol. The summed E-state index contributed by atoms with van der Waals surface area (Å²) in [6.07, 6.45) is 0. The van der Waals surface area contributed by atoms with E-state index in [1.807, 2.05) is 0 Å². The van der Waals surface area contributed by atoms with Crippen molar-refractivity contribution in [3.63, 3.8) is 0 Å². The van der Waals surface area contributed by atoms with Crippen LogP contribution in [0.4, 0.5) is 6.01 Å². The van der Waals surface area contributed by atoms with Gasteiger partial charge in [0, 0.05) is 5.56 Å². The van der Waals surface area contributed by atoms with E-state index in [0.717, 1.165) is 0 Å². The Bertz CT molecular complexity index is 530. The number of phenols is 1. The number of aromatic nitrogens is 1. The van der Waals surface area contributed by atoms with Gasteiger partial charge < -0.3 is 20.4 Å². The standard InChI is InChI=1S/C10H8N2O4/c11-10-12-7(8(16-10)9(14)15)5-1-3-6(13)4-2-5/h1-4,13H,(H2,11,12)(H,14,15). The van der Waals surface area contributed by atoms with Gasteiger partial charge in [-0.15, -0.1) is 0 Å². The fourth-order valence-corrected chi connectivity index (χ4v) is 1.30. The lowest BCUT2D eigenvalue weighted by Gasteiger charge is -1.97. The number of anilines is 1. The van der Waals surface area contributed by atoms with Crippen LogP contribution >= 0.6 is 0 Å². The Labute approximate surface area is 90.0 Å². The zero-order valence-electron chi connectivity index (χ0n) is 8.04. The first-order valence-electron chi connectivity index (χ1n) is 4.37. The first-order valence-corrected chi connectivity index (χ1v) is 4.37. The summed E-state index contributed by atoms with van der Waals surface area (Å²) in [6, 6.07) is 5.69. The number of aromatic hydroxyl groups is 1. The number of nitrogen functional groups attached to an aromatic ring is 1. The Morgan fingerprint density at radius 1 is 1.31 bits per heavy atom. The minimum atomic E-state index is -1.24. The van der Waals surface area contributed by atoms with Gasteiger partial charge >= 0.3 is 5.97 Å². The summed E-state index contributed by atoms with van der Waals surface area (Å²) in [4.78, 5) is 14.6. The molecule has 4 N–H and O–H groups in total. The molecule has 0 amide bonds. The van der Waals surface area contributed by atoms with Crippen molar-refractivity contribution in [3.05, 3.63) is 30.0 Å². The highest BCUT2D eigenvalue weighted by molar-refractivity contribution is 5.92. The van der Waals surface area contributed by atoms with Crippen molar-refractivity contribution < 1.29 is 19.4 Å². The van der Waals surface area contributed by atoms with Gasteiger partial charge in [0.05, 0.1) is 0 Å². The molecule has 82 valence electrons. The lowest BCUT2D eigenvalue weighted by Crippen LogP contribution is -1.96. The maximum Gasteiger partial charge on any atom is 0.374 e. The van der Waals surface area contributed by atoms with Gasteiger partial charge in [-0.2, -0.15) is 4.98 Å². The first kappa shape index (κ1) is 10.0. The quantitative estimate of drug-likeness (QED) is 0.704. The van der Waals surface area contributed by atoms with E-state index in [2.05, 4.69) is 4.98 Å². The van der Waals surface area contributed by atoms with E-state index in [0.29, 0.717) is 5.56 Å². The summed E-state index contributed by atoms with van der Waals surface area (Å²) in [5.41, 5.74) is 5.95. The van der Waals surface area contributed by atoms with Crippen LogP contribution in [-0.2, 0) is 0 Å². The molecule has 2 rings (SSSR count). The molecule has 0 fully saturated rings. The number of carbonyl (C=O) groups is 1. The highest BCUT2D eigenvalue weighted by atomic mass is 16.4. The Hall–Kier alpha value is -2.50. The molecule has 16 heavy (non-hydrogen) atoms. The van der Waals surface area contributed by atoms with Crippen LogP contribution in [0.1, 0.15) is 10.6 Å². The van der Waals surface area contributed by atoms with Gasteiger partial charge in [-0.3, -0.25) is 0 Å². The smallest absolute Gasteiger partial charge is 0.374 e. The molecule has 0 spiro atoms. The number of oxazole rings is 1. The third-order valence-corrected chi connectivity index (χ3v) is 1.98. The van der Waals surface area contributed by atoms with Gasteiger partial charge in [-0.1, -0.05) is 0 Å². The number of nitrogens with zero attached hydrogens (tertiary/aromatic N) is 1. The zero-order valence-corrected chi connectivity index (χ0v) is 8.04. The summed E-state index contributed by atoms with van der Waals surface area (Å²) in [5, 5.41) is 18.0. The van der Waals surface area contributed by atoms with Gasteiger partial charge in [0.25, 0.3) is 6.01 Å². The van der Waals surface area contributed by atoms with Crippen LogP contribution < -0.4 is 5.73 Å². The third kappa shape index (κ3) is 1.68. The number of carboxylic acid groups (broad SMARTS) is 1. The van der Waals surface area contributed by atoms with E-state index < -0.39 is 5.97 Å². The van der Waals surface area contributed by atoms with Crippen molar-refractivity contribution >= 4 is 12.0 Å². The molecule has 0 aliphatic heterocycles. The Morgan fingerprint density at radius 3 is 2.50 bits per heavy atom. The van der Waals surface area contributed by atoms with Gasteiger partial charge in [0.15, 0.2) is 0 Å². The van der Waals surface area contributed by atoms with E-state index in [1.165, 1.54) is 24.3 Å². The molecule has 0 saturated heterocycles. The fourth-order valence-electron chi connectivity index (χ4n) is 1.30. The van der Waals surface area contributed by atoms with Crippen molar-refractivity contribution in [3.8, 4) is 17.0 Å². The van der Waals surface area contributed by atoms with Crippen LogP contribution in [0.25, 0.3) is 11.3 Å². The van der Waals surface area contributed by atoms with Gasteiger partial charge in [-0.25, -0.2) is 4.79 Å². The topological polar surface area (TPSA) is 110 Å². The highest BCUT2D eigenvalue weighted by Gasteiger charge is 2.19. The van der Waals surface area contributed by atoms with Crippen molar-refractivity contribution in [1.82, 2.24) is 4.98 Å². The highest BCUT2D eigenvalue weighted by Crippen LogP contribution is 2.26. The molecule has 6 heteroatoms. The first-order chi connectivity index (χ1) is 7.58. The van der Waals surface area contributed by atoms with Crippen LogP contribution in [0.3, 0.4) is 0 Å². The predicted molar refractivity (Wildman–Crippen MR) is 55.0 cm³/mol. The van der Waals surface area contributed by atoms with Crippen LogP contribution in [0.5, 0.6) is 5.75 Å². The molecule has 0 atom stereocenters. The second-order valence-electron chi connectivity index (χ2n) is 3.08. The second-order valence-corrected chi connectivity index (χ2v) is 3.08. The SMILES string of the molecule is Nc1nc(-c2ccc(O)cc2)c(C(=O)O)o1. The molecule has 1 heterocycles. The number of aromatic carboxylic acids is 1. The molecule has 1 aromatic heterocycles. The fraction of sp³-hybridized carbons (Fsp3) is 0. The molecule has 0 aliphatic rings. The Morgan fingerprint density at radius 2 is 1.94 bits per heavy atom. The summed E-state index contributed by atoms with van der Waals surface area (Å²) in [5.74, 6) is -1.48. The second kappa shape index (κ2) is 3.58. The molecule has 0 aliphatic carbocycles.